The number of likely N-dealkylation sites (N-methyl/N-ethyl adjacent to an activating group) is 1. The molecule has 0 aliphatic rings. The number of aromatic nitrogens is 1. The lowest BCUT2D eigenvalue weighted by atomic mass is 10.1. The molecule has 1 aromatic carbocycles. The Bertz CT molecular complexity index is 798. The zero-order chi connectivity index (χ0) is 17.0. The maximum atomic E-state index is 12.0. The van der Waals surface area contributed by atoms with E-state index in [0.29, 0.717) is 18.6 Å². The average molecular weight is 318 g/mol. The van der Waals surface area contributed by atoms with Gasteiger partial charge in [0.1, 0.15) is 11.9 Å². The highest BCUT2D eigenvalue weighted by molar-refractivity contribution is 5.89. The van der Waals surface area contributed by atoms with Crippen molar-refractivity contribution in [1.82, 2.24) is 14.8 Å². The van der Waals surface area contributed by atoms with Gasteiger partial charge in [0.15, 0.2) is 5.43 Å². The van der Waals surface area contributed by atoms with Crippen LogP contribution in [0.4, 0.5) is 5.69 Å². The summed E-state index contributed by atoms with van der Waals surface area (Å²) in [4.78, 5) is 36.4. The zero-order valence-corrected chi connectivity index (χ0v) is 13.0. The number of hydrogen-bond donors (Lipinski definition) is 1. The Morgan fingerprint density at radius 3 is 2.74 bits per heavy atom. The summed E-state index contributed by atoms with van der Waals surface area (Å²) in [5, 5.41) is 13.9. The fourth-order valence-electron chi connectivity index (χ4n) is 2.26. The number of carbonyl (C=O) groups excluding carboxylic acids is 1. The van der Waals surface area contributed by atoms with Gasteiger partial charge in [0.2, 0.25) is 5.91 Å². The van der Waals surface area contributed by atoms with Crippen LogP contribution < -0.4 is 10.7 Å². The number of nitro benzene ring substituents is 1. The summed E-state index contributed by atoms with van der Waals surface area (Å²) in [6.45, 7) is 1.21. The lowest BCUT2D eigenvalue weighted by Crippen LogP contribution is -2.33. The van der Waals surface area contributed by atoms with Crippen LogP contribution in [0, 0.1) is 10.1 Å². The molecular weight excluding hydrogens is 300 g/mol. The van der Waals surface area contributed by atoms with E-state index < -0.39 is 10.4 Å². The molecule has 2 aromatic rings. The van der Waals surface area contributed by atoms with Crippen molar-refractivity contribution in [2.75, 3.05) is 27.2 Å². The van der Waals surface area contributed by atoms with E-state index in [1.807, 2.05) is 19.0 Å². The van der Waals surface area contributed by atoms with E-state index in [-0.39, 0.29) is 23.5 Å². The van der Waals surface area contributed by atoms with E-state index in [0.717, 1.165) is 0 Å². The second-order valence-corrected chi connectivity index (χ2v) is 5.39. The summed E-state index contributed by atoms with van der Waals surface area (Å²) in [7, 11) is 3.81. The molecule has 0 bridgehead atoms. The molecule has 1 heterocycles. The van der Waals surface area contributed by atoms with Crippen molar-refractivity contribution in [2.45, 2.75) is 6.54 Å². The number of hydrogen-bond acceptors (Lipinski definition) is 5. The first-order valence-corrected chi connectivity index (χ1v) is 7.08. The molecule has 8 nitrogen and oxygen atoms in total. The first kappa shape index (κ1) is 16.6. The highest BCUT2D eigenvalue weighted by Gasteiger charge is 2.16. The number of amides is 1. The van der Waals surface area contributed by atoms with Crippen LogP contribution in [0.2, 0.25) is 0 Å². The van der Waals surface area contributed by atoms with Crippen LogP contribution in [-0.2, 0) is 11.3 Å². The molecule has 1 amide bonds. The summed E-state index contributed by atoms with van der Waals surface area (Å²) in [6, 6.07) is 5.62. The maximum absolute atomic E-state index is 12.0. The van der Waals surface area contributed by atoms with Gasteiger partial charge in [-0.1, -0.05) is 6.07 Å². The first-order chi connectivity index (χ1) is 10.9. The first-order valence-electron chi connectivity index (χ1n) is 7.08. The Morgan fingerprint density at radius 2 is 2.09 bits per heavy atom. The normalized spacial score (nSPS) is 10.9. The highest BCUT2D eigenvalue weighted by Crippen LogP contribution is 2.21. The van der Waals surface area contributed by atoms with Gasteiger partial charge in [0.25, 0.3) is 5.69 Å². The van der Waals surface area contributed by atoms with E-state index >= 15 is 0 Å². The number of non-ortho nitro benzene ring substituents is 1. The van der Waals surface area contributed by atoms with Crippen molar-refractivity contribution < 1.29 is 9.72 Å². The Labute approximate surface area is 132 Å². The topological polar surface area (TPSA) is 97.5 Å². The smallest absolute Gasteiger partial charge is 0.282 e. The zero-order valence-electron chi connectivity index (χ0n) is 13.0. The lowest BCUT2D eigenvalue weighted by molar-refractivity contribution is -0.383. The fourth-order valence-corrected chi connectivity index (χ4v) is 2.26. The van der Waals surface area contributed by atoms with Crippen LogP contribution in [0.25, 0.3) is 10.9 Å². The van der Waals surface area contributed by atoms with Crippen LogP contribution >= 0.6 is 0 Å². The Hall–Kier alpha value is -2.74. The predicted molar refractivity (Wildman–Crippen MR) is 86.4 cm³/mol. The fraction of sp³-hybridized carbons (Fsp3) is 0.333. The number of nitro groups is 1. The molecule has 0 aliphatic carbocycles. The van der Waals surface area contributed by atoms with Crippen molar-refractivity contribution in [3.63, 3.8) is 0 Å². The average Bonchev–Trinajstić information content (AvgIpc) is 2.49. The van der Waals surface area contributed by atoms with Gasteiger partial charge < -0.3 is 14.8 Å². The van der Waals surface area contributed by atoms with Crippen LogP contribution in [0.3, 0.4) is 0 Å². The molecular formula is C15H18N4O4. The van der Waals surface area contributed by atoms with Crippen molar-refractivity contribution in [1.29, 1.82) is 0 Å². The molecule has 23 heavy (non-hydrogen) atoms. The van der Waals surface area contributed by atoms with Crippen LogP contribution in [0.15, 0.2) is 35.3 Å². The molecule has 0 fully saturated rings. The molecule has 2 rings (SSSR count). The molecule has 0 saturated heterocycles. The number of carbonyl (C=O) groups is 1. The third kappa shape index (κ3) is 3.92. The summed E-state index contributed by atoms with van der Waals surface area (Å²) in [5.41, 5.74) is -0.319. The Morgan fingerprint density at radius 1 is 1.35 bits per heavy atom. The summed E-state index contributed by atoms with van der Waals surface area (Å²) in [6.07, 6.45) is 1.47. The number of nitrogens with one attached hydrogen (secondary N) is 1. The van der Waals surface area contributed by atoms with Crippen LogP contribution in [-0.4, -0.2) is 47.5 Å². The number of fused-ring (bicyclic) bond motifs is 1. The molecule has 0 radical (unpaired) electrons. The van der Waals surface area contributed by atoms with E-state index in [9.17, 15) is 19.7 Å². The third-order valence-corrected chi connectivity index (χ3v) is 3.37. The van der Waals surface area contributed by atoms with Gasteiger partial charge in [-0.2, -0.15) is 0 Å². The molecule has 1 N–H and O–H groups in total. The van der Waals surface area contributed by atoms with Crippen molar-refractivity contribution in [3.05, 3.63) is 50.8 Å². The summed E-state index contributed by atoms with van der Waals surface area (Å²) in [5.74, 6) is -0.219. The van der Waals surface area contributed by atoms with Crippen molar-refractivity contribution >= 4 is 22.5 Å². The van der Waals surface area contributed by atoms with E-state index in [2.05, 4.69) is 5.32 Å². The van der Waals surface area contributed by atoms with E-state index in [1.54, 1.807) is 6.07 Å². The predicted octanol–water partition coefficient (Wildman–Crippen LogP) is 0.588. The standard InChI is InChI=1S/C15H18N4O4/c1-17(2)9-7-16-14(21)10-18-8-6-13(20)15-11(18)4-3-5-12(15)19(22)23/h3-6,8H,7,9-10H2,1-2H3,(H,16,21). The SMILES string of the molecule is CN(C)CCNC(=O)Cn1ccc(=O)c2c([N+](=O)[O-])cccc21. The maximum Gasteiger partial charge on any atom is 0.282 e. The minimum absolute atomic E-state index is 0.00856. The third-order valence-electron chi connectivity index (χ3n) is 3.37. The summed E-state index contributed by atoms with van der Waals surface area (Å²) >= 11 is 0. The van der Waals surface area contributed by atoms with Gasteiger partial charge in [0.05, 0.1) is 10.4 Å². The summed E-state index contributed by atoms with van der Waals surface area (Å²) < 4.78 is 1.54. The quantitative estimate of drug-likeness (QED) is 0.621. The second kappa shape index (κ2) is 7.01. The number of pyridine rings is 1. The van der Waals surface area contributed by atoms with Gasteiger partial charge in [-0.15, -0.1) is 0 Å². The monoisotopic (exact) mass is 318 g/mol. The second-order valence-electron chi connectivity index (χ2n) is 5.39. The molecule has 122 valence electrons. The number of nitrogens with zero attached hydrogens (tertiary/aromatic N) is 3. The molecule has 0 unspecified atom stereocenters. The van der Waals surface area contributed by atoms with Gasteiger partial charge >= 0.3 is 0 Å². The number of benzene rings is 1. The Kier molecular flexibility index (Phi) is 5.07. The van der Waals surface area contributed by atoms with E-state index in [1.165, 1.54) is 29.0 Å². The molecule has 1 aromatic heterocycles. The molecule has 8 heteroatoms. The molecule has 0 spiro atoms. The molecule has 0 saturated carbocycles. The van der Waals surface area contributed by atoms with Gasteiger partial charge in [-0.05, 0) is 20.2 Å². The number of rotatable bonds is 6. The Balaban J connectivity index is 2.30. The van der Waals surface area contributed by atoms with Crippen LogP contribution in [0.5, 0.6) is 0 Å². The highest BCUT2D eigenvalue weighted by atomic mass is 16.6. The van der Waals surface area contributed by atoms with Gasteiger partial charge in [-0.25, -0.2) is 0 Å². The van der Waals surface area contributed by atoms with E-state index in [4.69, 9.17) is 0 Å². The minimum atomic E-state index is -0.592. The van der Waals surface area contributed by atoms with Crippen LogP contribution in [0.1, 0.15) is 0 Å². The van der Waals surface area contributed by atoms with Gasteiger partial charge in [-0.3, -0.25) is 19.7 Å². The molecule has 0 aliphatic heterocycles. The van der Waals surface area contributed by atoms with Crippen molar-refractivity contribution in [2.24, 2.45) is 0 Å². The minimum Gasteiger partial charge on any atom is -0.353 e. The van der Waals surface area contributed by atoms with Crippen molar-refractivity contribution in [3.8, 4) is 0 Å². The molecule has 0 atom stereocenters. The lowest BCUT2D eigenvalue weighted by Gasteiger charge is -2.13. The van der Waals surface area contributed by atoms with Gasteiger partial charge in [0, 0.05) is 31.4 Å². The largest absolute Gasteiger partial charge is 0.353 e.